The average molecular weight is 360 g/mol. The minimum Gasteiger partial charge on any atom is -0.454 e. The van der Waals surface area contributed by atoms with Gasteiger partial charge < -0.3 is 16.2 Å². The fourth-order valence-electron chi connectivity index (χ4n) is 1.57. The second-order valence-electron chi connectivity index (χ2n) is 3.92. The van der Waals surface area contributed by atoms with Crippen LogP contribution in [0.4, 0.5) is 10.1 Å². The molecule has 0 unspecified atom stereocenters. The number of carbonyl (C=O) groups is 1. The van der Waals surface area contributed by atoms with Crippen LogP contribution >= 0.6 is 27.5 Å². The highest BCUT2D eigenvalue weighted by Crippen LogP contribution is 2.37. The maximum absolute atomic E-state index is 13.2. The Morgan fingerprint density at radius 2 is 2.00 bits per heavy atom. The molecule has 0 heterocycles. The van der Waals surface area contributed by atoms with Crippen LogP contribution in [-0.2, 0) is 0 Å². The zero-order valence-corrected chi connectivity index (χ0v) is 12.3. The number of hydrogen-bond donors (Lipinski definition) is 2. The van der Waals surface area contributed by atoms with Gasteiger partial charge in [0.1, 0.15) is 11.6 Å². The lowest BCUT2D eigenvalue weighted by Gasteiger charge is -2.13. The second kappa shape index (κ2) is 5.68. The van der Waals surface area contributed by atoms with Crippen molar-refractivity contribution in [2.24, 2.45) is 5.73 Å². The maximum atomic E-state index is 13.2. The minimum atomic E-state index is -0.748. The van der Waals surface area contributed by atoms with E-state index in [1.54, 1.807) is 0 Å². The summed E-state index contributed by atoms with van der Waals surface area (Å²) in [7, 11) is 0. The highest BCUT2D eigenvalue weighted by molar-refractivity contribution is 9.10. The molecule has 0 saturated carbocycles. The Kier molecular flexibility index (Phi) is 4.15. The Hall–Kier alpha value is -1.79. The Morgan fingerprint density at radius 1 is 1.30 bits per heavy atom. The largest absolute Gasteiger partial charge is 0.454 e. The van der Waals surface area contributed by atoms with E-state index in [9.17, 15) is 9.18 Å². The third-order valence-corrected chi connectivity index (χ3v) is 3.37. The number of anilines is 1. The van der Waals surface area contributed by atoms with Gasteiger partial charge in [0.2, 0.25) is 0 Å². The predicted octanol–water partition coefficient (Wildman–Crippen LogP) is 3.71. The first kappa shape index (κ1) is 14.6. The molecule has 0 spiro atoms. The number of rotatable bonds is 3. The lowest BCUT2D eigenvalue weighted by Crippen LogP contribution is -2.13. The highest BCUT2D eigenvalue weighted by atomic mass is 79.9. The van der Waals surface area contributed by atoms with Crippen molar-refractivity contribution in [3.8, 4) is 11.5 Å². The molecule has 2 rings (SSSR count). The van der Waals surface area contributed by atoms with Crippen LogP contribution in [0, 0.1) is 5.82 Å². The molecule has 0 saturated heterocycles. The number of ether oxygens (including phenoxy) is 1. The number of benzene rings is 2. The van der Waals surface area contributed by atoms with Crippen LogP contribution in [0.2, 0.25) is 5.02 Å². The van der Waals surface area contributed by atoms with E-state index >= 15 is 0 Å². The topological polar surface area (TPSA) is 78.3 Å². The van der Waals surface area contributed by atoms with Gasteiger partial charge in [-0.3, -0.25) is 4.79 Å². The van der Waals surface area contributed by atoms with Crippen LogP contribution in [0.25, 0.3) is 0 Å². The predicted molar refractivity (Wildman–Crippen MR) is 78.6 cm³/mol. The number of primary amides is 1. The van der Waals surface area contributed by atoms with Crippen molar-refractivity contribution in [2.75, 3.05) is 5.73 Å². The van der Waals surface area contributed by atoms with Gasteiger partial charge in [-0.25, -0.2) is 4.39 Å². The molecule has 0 aromatic heterocycles. The molecule has 0 aliphatic carbocycles. The van der Waals surface area contributed by atoms with Crippen molar-refractivity contribution in [1.82, 2.24) is 0 Å². The quantitative estimate of drug-likeness (QED) is 0.820. The van der Waals surface area contributed by atoms with Crippen LogP contribution in [0.3, 0.4) is 0 Å². The molecular weight excluding hydrogens is 351 g/mol. The summed E-state index contributed by atoms with van der Waals surface area (Å²) in [6.07, 6.45) is 0. The van der Waals surface area contributed by atoms with E-state index in [2.05, 4.69) is 15.9 Å². The van der Waals surface area contributed by atoms with Gasteiger partial charge in [0, 0.05) is 11.8 Å². The Bertz CT molecular complexity index is 694. The van der Waals surface area contributed by atoms with Crippen LogP contribution in [0.15, 0.2) is 34.8 Å². The van der Waals surface area contributed by atoms with E-state index in [4.69, 9.17) is 27.8 Å². The molecule has 0 radical (unpaired) electrons. The standard InChI is InChI=1S/C13H9BrClFN2O2/c14-9-2-1-6(16)3-11(9)20-12-8(13(18)19)4-7(17)5-10(12)15/h1-5H,17H2,(H2,18,19). The third kappa shape index (κ3) is 3.02. The number of carbonyl (C=O) groups excluding carboxylic acids is 1. The smallest absolute Gasteiger partial charge is 0.252 e. The number of amides is 1. The molecule has 0 fully saturated rings. The fourth-order valence-corrected chi connectivity index (χ4v) is 2.16. The minimum absolute atomic E-state index is 0.0196. The zero-order chi connectivity index (χ0) is 14.9. The van der Waals surface area contributed by atoms with Crippen molar-refractivity contribution in [3.05, 3.63) is 51.2 Å². The van der Waals surface area contributed by atoms with Crippen LogP contribution < -0.4 is 16.2 Å². The Morgan fingerprint density at radius 3 is 2.65 bits per heavy atom. The molecule has 2 aromatic rings. The molecule has 104 valence electrons. The lowest BCUT2D eigenvalue weighted by atomic mass is 10.1. The Labute approximate surface area is 127 Å². The summed E-state index contributed by atoms with van der Waals surface area (Å²) >= 11 is 9.21. The number of nitrogen functional groups attached to an aromatic ring is 1. The molecule has 7 heteroatoms. The summed E-state index contributed by atoms with van der Waals surface area (Å²) in [5, 5.41) is 0.106. The lowest BCUT2D eigenvalue weighted by molar-refractivity contribution is 0.0998. The second-order valence-corrected chi connectivity index (χ2v) is 5.18. The number of hydrogen-bond acceptors (Lipinski definition) is 3. The first-order valence-electron chi connectivity index (χ1n) is 5.40. The highest BCUT2D eigenvalue weighted by Gasteiger charge is 2.17. The molecule has 20 heavy (non-hydrogen) atoms. The molecule has 0 bridgehead atoms. The van der Waals surface area contributed by atoms with E-state index in [0.717, 1.165) is 6.07 Å². The molecule has 4 nitrogen and oxygen atoms in total. The van der Waals surface area contributed by atoms with Gasteiger partial charge in [0.25, 0.3) is 5.91 Å². The van der Waals surface area contributed by atoms with Gasteiger partial charge in [-0.05, 0) is 40.2 Å². The summed E-state index contributed by atoms with van der Waals surface area (Å²) in [6.45, 7) is 0. The molecule has 0 aliphatic rings. The molecule has 0 atom stereocenters. The molecule has 2 aromatic carbocycles. The van der Waals surface area contributed by atoms with Crippen molar-refractivity contribution >= 4 is 39.1 Å². The van der Waals surface area contributed by atoms with Crippen LogP contribution in [0.5, 0.6) is 11.5 Å². The molecular formula is C13H9BrClFN2O2. The van der Waals surface area contributed by atoms with Crippen molar-refractivity contribution < 1.29 is 13.9 Å². The fraction of sp³-hybridized carbons (Fsp3) is 0. The van der Waals surface area contributed by atoms with Crippen molar-refractivity contribution in [2.45, 2.75) is 0 Å². The molecule has 4 N–H and O–H groups in total. The van der Waals surface area contributed by atoms with E-state index in [1.165, 1.54) is 24.3 Å². The van der Waals surface area contributed by atoms with Crippen LogP contribution in [0.1, 0.15) is 10.4 Å². The van der Waals surface area contributed by atoms with E-state index in [-0.39, 0.29) is 27.8 Å². The van der Waals surface area contributed by atoms with E-state index in [0.29, 0.717) is 4.47 Å². The van der Waals surface area contributed by atoms with Gasteiger partial charge in [-0.15, -0.1) is 0 Å². The van der Waals surface area contributed by atoms with E-state index < -0.39 is 11.7 Å². The van der Waals surface area contributed by atoms with Gasteiger partial charge in [0.05, 0.1) is 15.1 Å². The molecule has 1 amide bonds. The van der Waals surface area contributed by atoms with Gasteiger partial charge in [-0.1, -0.05) is 11.6 Å². The average Bonchev–Trinajstić information content (AvgIpc) is 2.36. The summed E-state index contributed by atoms with van der Waals surface area (Å²) in [5.74, 6) is -1.05. The van der Waals surface area contributed by atoms with Crippen molar-refractivity contribution in [3.63, 3.8) is 0 Å². The summed E-state index contributed by atoms with van der Waals surface area (Å²) in [4.78, 5) is 11.4. The normalized spacial score (nSPS) is 10.3. The van der Waals surface area contributed by atoms with Crippen LogP contribution in [-0.4, -0.2) is 5.91 Å². The first-order chi connectivity index (χ1) is 9.38. The monoisotopic (exact) mass is 358 g/mol. The summed E-state index contributed by atoms with van der Waals surface area (Å²) < 4.78 is 19.2. The Balaban J connectivity index is 2.53. The number of halogens is 3. The van der Waals surface area contributed by atoms with E-state index in [1.807, 2.05) is 0 Å². The molecule has 0 aliphatic heterocycles. The first-order valence-corrected chi connectivity index (χ1v) is 6.57. The zero-order valence-electron chi connectivity index (χ0n) is 9.99. The van der Waals surface area contributed by atoms with Crippen molar-refractivity contribution in [1.29, 1.82) is 0 Å². The van der Waals surface area contributed by atoms with Gasteiger partial charge >= 0.3 is 0 Å². The number of nitrogens with two attached hydrogens (primary N) is 2. The SMILES string of the molecule is NC(=O)c1cc(N)cc(Cl)c1Oc1cc(F)ccc1Br. The maximum Gasteiger partial charge on any atom is 0.252 e. The summed E-state index contributed by atoms with van der Waals surface area (Å²) in [5.41, 5.74) is 11.1. The summed E-state index contributed by atoms with van der Waals surface area (Å²) in [6, 6.07) is 6.64. The third-order valence-electron chi connectivity index (χ3n) is 2.44. The van der Waals surface area contributed by atoms with Gasteiger partial charge in [-0.2, -0.15) is 0 Å². The van der Waals surface area contributed by atoms with Gasteiger partial charge in [0.15, 0.2) is 5.75 Å².